The minimum Gasteiger partial charge on any atom is -0.381 e. The van der Waals surface area contributed by atoms with Crippen molar-refractivity contribution in [1.29, 1.82) is 0 Å². The standard InChI is InChI=1S/C15H18N2O3/c1-17-9-12-8-11(2-3-13(12)16-15(17)19)14(18)10-4-6-20-7-5-10/h2-3,8,10H,4-7,9H2,1H3,(H,16,19). The second kappa shape index (κ2) is 5.25. The third-order valence-corrected chi connectivity index (χ3v) is 3.98. The molecule has 0 aliphatic carbocycles. The Morgan fingerprint density at radius 2 is 2.10 bits per heavy atom. The topological polar surface area (TPSA) is 58.6 Å². The van der Waals surface area contributed by atoms with E-state index in [1.807, 2.05) is 18.2 Å². The molecule has 0 aromatic heterocycles. The second-order valence-electron chi connectivity index (χ2n) is 5.41. The van der Waals surface area contributed by atoms with Crippen molar-refractivity contribution in [2.45, 2.75) is 19.4 Å². The summed E-state index contributed by atoms with van der Waals surface area (Å²) in [5, 5.41) is 2.81. The predicted octanol–water partition coefficient (Wildman–Crippen LogP) is 2.27. The molecule has 0 radical (unpaired) electrons. The van der Waals surface area contributed by atoms with Gasteiger partial charge in [-0.2, -0.15) is 0 Å². The number of amides is 2. The van der Waals surface area contributed by atoms with Crippen molar-refractivity contribution in [3.8, 4) is 0 Å². The molecule has 2 amide bonds. The average molecular weight is 274 g/mol. The summed E-state index contributed by atoms with van der Waals surface area (Å²) in [5.74, 6) is 0.258. The molecule has 20 heavy (non-hydrogen) atoms. The van der Waals surface area contributed by atoms with Crippen molar-refractivity contribution in [3.63, 3.8) is 0 Å². The van der Waals surface area contributed by atoms with Crippen LogP contribution in [0.15, 0.2) is 18.2 Å². The number of ether oxygens (including phenoxy) is 1. The number of urea groups is 1. The van der Waals surface area contributed by atoms with Crippen LogP contribution < -0.4 is 5.32 Å². The van der Waals surface area contributed by atoms with Gasteiger partial charge in [-0.25, -0.2) is 4.79 Å². The molecule has 1 saturated heterocycles. The Morgan fingerprint density at radius 1 is 1.35 bits per heavy atom. The van der Waals surface area contributed by atoms with Crippen LogP contribution >= 0.6 is 0 Å². The van der Waals surface area contributed by atoms with Crippen molar-refractivity contribution >= 4 is 17.5 Å². The van der Waals surface area contributed by atoms with Crippen molar-refractivity contribution in [1.82, 2.24) is 4.90 Å². The number of benzene rings is 1. The lowest BCUT2D eigenvalue weighted by Gasteiger charge is -2.27. The van der Waals surface area contributed by atoms with Gasteiger partial charge in [0.1, 0.15) is 0 Å². The molecule has 1 N–H and O–H groups in total. The number of Topliss-reactive ketones (excluding diaryl/α,β-unsaturated/α-hetero) is 1. The van der Waals surface area contributed by atoms with Crippen LogP contribution in [0.2, 0.25) is 0 Å². The molecule has 2 heterocycles. The van der Waals surface area contributed by atoms with E-state index in [9.17, 15) is 9.59 Å². The van der Waals surface area contributed by atoms with E-state index in [0.717, 1.165) is 29.7 Å². The van der Waals surface area contributed by atoms with E-state index < -0.39 is 0 Å². The number of ketones is 1. The largest absolute Gasteiger partial charge is 0.381 e. The quantitative estimate of drug-likeness (QED) is 0.842. The fraction of sp³-hybridized carbons (Fsp3) is 0.467. The van der Waals surface area contributed by atoms with E-state index in [1.54, 1.807) is 11.9 Å². The molecule has 0 bridgehead atoms. The van der Waals surface area contributed by atoms with Crippen LogP contribution in [0.3, 0.4) is 0 Å². The second-order valence-corrected chi connectivity index (χ2v) is 5.41. The van der Waals surface area contributed by atoms with Crippen LogP contribution in [0.25, 0.3) is 0 Å². The molecule has 1 fully saturated rings. The molecule has 0 atom stereocenters. The lowest BCUT2D eigenvalue weighted by atomic mass is 9.90. The predicted molar refractivity (Wildman–Crippen MR) is 74.8 cm³/mol. The maximum absolute atomic E-state index is 12.5. The first-order valence-corrected chi connectivity index (χ1v) is 6.92. The van der Waals surface area contributed by atoms with Crippen LogP contribution in [-0.4, -0.2) is 37.0 Å². The van der Waals surface area contributed by atoms with Crippen molar-refractivity contribution in [2.24, 2.45) is 5.92 Å². The minimum absolute atomic E-state index is 0.0673. The highest BCUT2D eigenvalue weighted by Gasteiger charge is 2.25. The van der Waals surface area contributed by atoms with Gasteiger partial charge in [0.15, 0.2) is 5.78 Å². The smallest absolute Gasteiger partial charge is 0.321 e. The maximum Gasteiger partial charge on any atom is 0.321 e. The summed E-state index contributed by atoms with van der Waals surface area (Å²) in [6, 6.07) is 5.43. The van der Waals surface area contributed by atoms with E-state index in [2.05, 4.69) is 5.32 Å². The molecular formula is C15H18N2O3. The van der Waals surface area contributed by atoms with Gasteiger partial charge in [-0.3, -0.25) is 4.79 Å². The fourth-order valence-corrected chi connectivity index (χ4v) is 2.73. The Kier molecular flexibility index (Phi) is 3.44. The van der Waals surface area contributed by atoms with E-state index >= 15 is 0 Å². The first-order chi connectivity index (χ1) is 9.65. The molecule has 2 aliphatic rings. The highest BCUT2D eigenvalue weighted by Crippen LogP contribution is 2.26. The molecule has 1 aromatic carbocycles. The van der Waals surface area contributed by atoms with Gasteiger partial charge in [-0.1, -0.05) is 0 Å². The summed E-state index contributed by atoms with van der Waals surface area (Å²) < 4.78 is 5.30. The molecule has 1 aromatic rings. The number of nitrogens with one attached hydrogen (secondary N) is 1. The lowest BCUT2D eigenvalue weighted by Crippen LogP contribution is -2.35. The fourth-order valence-electron chi connectivity index (χ4n) is 2.73. The molecule has 0 saturated carbocycles. The summed E-state index contributed by atoms with van der Waals surface area (Å²) in [4.78, 5) is 25.6. The summed E-state index contributed by atoms with van der Waals surface area (Å²) in [6.07, 6.45) is 1.60. The number of carbonyl (C=O) groups excluding carboxylic acids is 2. The Hall–Kier alpha value is -1.88. The third-order valence-electron chi connectivity index (χ3n) is 3.98. The summed E-state index contributed by atoms with van der Waals surface area (Å²) in [7, 11) is 1.74. The van der Waals surface area contributed by atoms with E-state index in [-0.39, 0.29) is 17.7 Å². The highest BCUT2D eigenvalue weighted by molar-refractivity contribution is 5.99. The zero-order valence-corrected chi connectivity index (χ0v) is 11.5. The summed E-state index contributed by atoms with van der Waals surface area (Å²) in [5.41, 5.74) is 2.53. The Bertz CT molecular complexity index is 550. The maximum atomic E-state index is 12.5. The molecule has 106 valence electrons. The van der Waals surface area contributed by atoms with Gasteiger partial charge in [-0.05, 0) is 36.6 Å². The molecule has 0 unspecified atom stereocenters. The van der Waals surface area contributed by atoms with Gasteiger partial charge >= 0.3 is 6.03 Å². The van der Waals surface area contributed by atoms with Gasteiger partial charge < -0.3 is 15.0 Å². The number of fused-ring (bicyclic) bond motifs is 1. The summed E-state index contributed by atoms with van der Waals surface area (Å²) >= 11 is 0. The van der Waals surface area contributed by atoms with Crippen molar-refractivity contribution in [2.75, 3.05) is 25.6 Å². The SMILES string of the molecule is CN1Cc2cc(C(=O)C3CCOCC3)ccc2NC1=O. The molecule has 5 heteroatoms. The first-order valence-electron chi connectivity index (χ1n) is 6.92. The zero-order chi connectivity index (χ0) is 14.1. The number of anilines is 1. The lowest BCUT2D eigenvalue weighted by molar-refractivity contribution is 0.0545. The van der Waals surface area contributed by atoms with Crippen LogP contribution in [0.1, 0.15) is 28.8 Å². The van der Waals surface area contributed by atoms with Gasteiger partial charge in [0.2, 0.25) is 0 Å². The van der Waals surface area contributed by atoms with Crippen LogP contribution in [0.4, 0.5) is 10.5 Å². The Balaban J connectivity index is 1.83. The Labute approximate surface area is 117 Å². The number of hydrogen-bond donors (Lipinski definition) is 1. The molecular weight excluding hydrogens is 256 g/mol. The van der Waals surface area contributed by atoms with Gasteiger partial charge in [0.05, 0.1) is 0 Å². The number of hydrogen-bond acceptors (Lipinski definition) is 3. The average Bonchev–Trinajstić information content (AvgIpc) is 2.48. The van der Waals surface area contributed by atoms with E-state index in [1.165, 1.54) is 0 Å². The zero-order valence-electron chi connectivity index (χ0n) is 11.5. The third kappa shape index (κ3) is 2.41. The highest BCUT2D eigenvalue weighted by atomic mass is 16.5. The Morgan fingerprint density at radius 3 is 2.85 bits per heavy atom. The van der Waals surface area contributed by atoms with Crippen molar-refractivity contribution < 1.29 is 14.3 Å². The van der Waals surface area contributed by atoms with Crippen molar-refractivity contribution in [3.05, 3.63) is 29.3 Å². The van der Waals surface area contributed by atoms with Gasteiger partial charge in [0.25, 0.3) is 0 Å². The number of carbonyl (C=O) groups is 2. The normalized spacial score (nSPS) is 19.4. The number of rotatable bonds is 2. The first kappa shape index (κ1) is 13.1. The van der Waals surface area contributed by atoms with Crippen LogP contribution in [-0.2, 0) is 11.3 Å². The van der Waals surface area contributed by atoms with Crippen LogP contribution in [0.5, 0.6) is 0 Å². The number of nitrogens with zero attached hydrogens (tertiary/aromatic N) is 1. The molecule has 5 nitrogen and oxygen atoms in total. The summed E-state index contributed by atoms with van der Waals surface area (Å²) in [6.45, 7) is 1.87. The van der Waals surface area contributed by atoms with E-state index in [0.29, 0.717) is 19.8 Å². The molecule has 0 spiro atoms. The minimum atomic E-state index is -0.110. The van der Waals surface area contributed by atoms with Gasteiger partial charge in [0, 0.05) is 44.0 Å². The molecule has 2 aliphatic heterocycles. The monoisotopic (exact) mass is 274 g/mol. The molecule has 3 rings (SSSR count). The van der Waals surface area contributed by atoms with Crippen LogP contribution in [0, 0.1) is 5.92 Å². The van der Waals surface area contributed by atoms with Gasteiger partial charge in [-0.15, -0.1) is 0 Å². The van der Waals surface area contributed by atoms with E-state index in [4.69, 9.17) is 4.74 Å².